The summed E-state index contributed by atoms with van der Waals surface area (Å²) in [7, 11) is 0. The summed E-state index contributed by atoms with van der Waals surface area (Å²) in [5, 5.41) is 1.93. The molecular weight excluding hydrogens is 248 g/mol. The third-order valence-corrected chi connectivity index (χ3v) is 3.02. The fraction of sp³-hybridized carbons (Fsp3) is 0. The zero-order valence-corrected chi connectivity index (χ0v) is 10.1. The van der Waals surface area contributed by atoms with Crippen LogP contribution >= 0.6 is 11.6 Å². The Hall–Kier alpha value is -2.06. The Labute approximate surface area is 108 Å². The van der Waals surface area contributed by atoms with Crippen LogP contribution in [-0.2, 0) is 0 Å². The average Bonchev–Trinajstić information content (AvgIpc) is 2.39. The SMILES string of the molecule is O=c1oc(-c2ccccc2)cc2cc(Cl)ccc12. The second-order valence-electron chi connectivity index (χ2n) is 4.00. The number of fused-ring (bicyclic) bond motifs is 1. The quantitative estimate of drug-likeness (QED) is 0.656. The predicted octanol–water partition coefficient (Wildman–Crippen LogP) is 4.11. The van der Waals surface area contributed by atoms with Gasteiger partial charge in [0.05, 0.1) is 5.39 Å². The van der Waals surface area contributed by atoms with Gasteiger partial charge in [-0.1, -0.05) is 41.9 Å². The molecule has 0 atom stereocenters. The van der Waals surface area contributed by atoms with Crippen LogP contribution in [0.1, 0.15) is 0 Å². The van der Waals surface area contributed by atoms with Crippen LogP contribution in [0.15, 0.2) is 63.8 Å². The summed E-state index contributed by atoms with van der Waals surface area (Å²) in [4.78, 5) is 11.9. The van der Waals surface area contributed by atoms with Gasteiger partial charge >= 0.3 is 5.63 Å². The lowest BCUT2D eigenvalue weighted by Crippen LogP contribution is -1.99. The molecule has 0 bridgehead atoms. The van der Waals surface area contributed by atoms with Gasteiger partial charge in [0.2, 0.25) is 0 Å². The molecule has 0 fully saturated rings. The predicted molar refractivity (Wildman–Crippen MR) is 72.9 cm³/mol. The minimum absolute atomic E-state index is 0.344. The van der Waals surface area contributed by atoms with Crippen molar-refractivity contribution in [3.8, 4) is 11.3 Å². The largest absolute Gasteiger partial charge is 0.422 e. The maximum Gasteiger partial charge on any atom is 0.344 e. The summed E-state index contributed by atoms with van der Waals surface area (Å²) in [6, 6.07) is 16.5. The Balaban J connectivity index is 2.30. The van der Waals surface area contributed by atoms with Crippen LogP contribution in [0, 0.1) is 0 Å². The van der Waals surface area contributed by atoms with Crippen LogP contribution in [0.4, 0.5) is 0 Å². The lowest BCUT2D eigenvalue weighted by molar-refractivity contribution is 0.535. The molecule has 2 nitrogen and oxygen atoms in total. The van der Waals surface area contributed by atoms with E-state index in [4.69, 9.17) is 16.0 Å². The Bertz CT molecular complexity index is 760. The van der Waals surface area contributed by atoms with Crippen molar-refractivity contribution in [1.29, 1.82) is 0 Å². The molecule has 3 aromatic rings. The molecule has 2 aromatic carbocycles. The summed E-state index contributed by atoms with van der Waals surface area (Å²) < 4.78 is 5.32. The molecule has 3 rings (SSSR count). The van der Waals surface area contributed by atoms with E-state index in [0.29, 0.717) is 16.2 Å². The molecule has 0 spiro atoms. The maximum atomic E-state index is 11.9. The zero-order chi connectivity index (χ0) is 12.5. The molecule has 0 saturated heterocycles. The van der Waals surface area contributed by atoms with Crippen molar-refractivity contribution in [3.05, 3.63) is 70.0 Å². The van der Waals surface area contributed by atoms with E-state index in [1.165, 1.54) is 0 Å². The van der Waals surface area contributed by atoms with Crippen molar-refractivity contribution in [2.45, 2.75) is 0 Å². The number of rotatable bonds is 1. The van der Waals surface area contributed by atoms with Gasteiger partial charge < -0.3 is 4.42 Å². The molecule has 0 amide bonds. The summed E-state index contributed by atoms with van der Waals surface area (Å²) in [5.74, 6) is 0.551. The highest BCUT2D eigenvalue weighted by Gasteiger charge is 2.06. The van der Waals surface area contributed by atoms with Crippen molar-refractivity contribution in [3.63, 3.8) is 0 Å². The lowest BCUT2D eigenvalue weighted by Gasteiger charge is -2.02. The molecule has 0 aliphatic heterocycles. The lowest BCUT2D eigenvalue weighted by atomic mass is 10.1. The average molecular weight is 257 g/mol. The van der Waals surface area contributed by atoms with Gasteiger partial charge in [-0.3, -0.25) is 0 Å². The molecule has 1 aromatic heterocycles. The van der Waals surface area contributed by atoms with Gasteiger partial charge in [0.15, 0.2) is 0 Å². The summed E-state index contributed by atoms with van der Waals surface area (Å²) in [5.41, 5.74) is 0.527. The Kier molecular flexibility index (Phi) is 2.65. The molecule has 0 aliphatic rings. The van der Waals surface area contributed by atoms with Crippen molar-refractivity contribution >= 4 is 22.4 Å². The first-order valence-corrected chi connectivity index (χ1v) is 5.91. The number of hydrogen-bond acceptors (Lipinski definition) is 2. The first kappa shape index (κ1) is 11.1. The van der Waals surface area contributed by atoms with E-state index >= 15 is 0 Å². The molecule has 0 unspecified atom stereocenters. The van der Waals surface area contributed by atoms with Crippen molar-refractivity contribution in [2.75, 3.05) is 0 Å². The Morgan fingerprint density at radius 1 is 0.944 bits per heavy atom. The highest BCUT2D eigenvalue weighted by molar-refractivity contribution is 6.31. The summed E-state index contributed by atoms with van der Waals surface area (Å²) >= 11 is 5.94. The van der Waals surface area contributed by atoms with Crippen LogP contribution in [0.3, 0.4) is 0 Å². The fourth-order valence-corrected chi connectivity index (χ4v) is 2.09. The first-order valence-electron chi connectivity index (χ1n) is 5.53. The van der Waals surface area contributed by atoms with Gasteiger partial charge in [-0.05, 0) is 29.7 Å². The minimum Gasteiger partial charge on any atom is -0.422 e. The van der Waals surface area contributed by atoms with Crippen LogP contribution in [-0.4, -0.2) is 0 Å². The molecule has 0 aliphatic carbocycles. The molecule has 18 heavy (non-hydrogen) atoms. The highest BCUT2D eigenvalue weighted by Crippen LogP contribution is 2.23. The van der Waals surface area contributed by atoms with Gasteiger partial charge in [0.1, 0.15) is 5.76 Å². The van der Waals surface area contributed by atoms with E-state index in [1.54, 1.807) is 18.2 Å². The normalized spacial score (nSPS) is 10.7. The number of benzene rings is 2. The van der Waals surface area contributed by atoms with E-state index < -0.39 is 0 Å². The Morgan fingerprint density at radius 2 is 1.72 bits per heavy atom. The monoisotopic (exact) mass is 256 g/mol. The molecule has 3 heteroatoms. The van der Waals surface area contributed by atoms with E-state index in [0.717, 1.165) is 10.9 Å². The van der Waals surface area contributed by atoms with Crippen LogP contribution in [0.2, 0.25) is 5.02 Å². The molecule has 1 heterocycles. The fourth-order valence-electron chi connectivity index (χ4n) is 1.91. The van der Waals surface area contributed by atoms with Gasteiger partial charge in [-0.2, -0.15) is 0 Å². The van der Waals surface area contributed by atoms with E-state index in [1.807, 2.05) is 36.4 Å². The van der Waals surface area contributed by atoms with Gasteiger partial charge in [0, 0.05) is 10.6 Å². The second kappa shape index (κ2) is 4.31. The van der Waals surface area contributed by atoms with Crippen LogP contribution < -0.4 is 5.63 Å². The minimum atomic E-state index is -0.344. The number of hydrogen-bond donors (Lipinski definition) is 0. The van der Waals surface area contributed by atoms with Crippen molar-refractivity contribution in [2.24, 2.45) is 0 Å². The van der Waals surface area contributed by atoms with Crippen molar-refractivity contribution < 1.29 is 4.42 Å². The van der Waals surface area contributed by atoms with E-state index in [9.17, 15) is 4.79 Å². The topological polar surface area (TPSA) is 30.2 Å². The molecule has 0 saturated carbocycles. The van der Waals surface area contributed by atoms with Crippen LogP contribution in [0.25, 0.3) is 22.1 Å². The maximum absolute atomic E-state index is 11.9. The van der Waals surface area contributed by atoms with Gasteiger partial charge in [-0.15, -0.1) is 0 Å². The number of halogens is 1. The Morgan fingerprint density at radius 3 is 2.50 bits per heavy atom. The summed E-state index contributed by atoms with van der Waals surface area (Å²) in [6.07, 6.45) is 0. The van der Waals surface area contributed by atoms with Crippen molar-refractivity contribution in [1.82, 2.24) is 0 Å². The highest BCUT2D eigenvalue weighted by atomic mass is 35.5. The van der Waals surface area contributed by atoms with Gasteiger partial charge in [0.25, 0.3) is 0 Å². The molecule has 88 valence electrons. The first-order chi connectivity index (χ1) is 8.74. The second-order valence-corrected chi connectivity index (χ2v) is 4.43. The molecule has 0 N–H and O–H groups in total. The smallest absolute Gasteiger partial charge is 0.344 e. The standard InChI is InChI=1S/C15H9ClO2/c16-12-6-7-13-11(8-12)9-14(18-15(13)17)10-4-2-1-3-5-10/h1-9H. The van der Waals surface area contributed by atoms with E-state index in [2.05, 4.69) is 0 Å². The summed E-state index contributed by atoms with van der Waals surface area (Å²) in [6.45, 7) is 0. The van der Waals surface area contributed by atoms with E-state index in [-0.39, 0.29) is 5.63 Å². The third-order valence-electron chi connectivity index (χ3n) is 2.78. The molecule has 0 radical (unpaired) electrons. The zero-order valence-electron chi connectivity index (χ0n) is 9.39. The molecular formula is C15H9ClO2. The third kappa shape index (κ3) is 1.91. The van der Waals surface area contributed by atoms with Crippen LogP contribution in [0.5, 0.6) is 0 Å². The van der Waals surface area contributed by atoms with Gasteiger partial charge in [-0.25, -0.2) is 4.79 Å².